The van der Waals surface area contributed by atoms with Crippen molar-refractivity contribution in [2.75, 3.05) is 26.6 Å². The van der Waals surface area contributed by atoms with Crippen LogP contribution in [0.4, 0.5) is 5.69 Å². The Morgan fingerprint density at radius 3 is 2.04 bits per heavy atom. The lowest BCUT2D eigenvalue weighted by Gasteiger charge is -2.20. The first-order chi connectivity index (χ1) is 13.0. The summed E-state index contributed by atoms with van der Waals surface area (Å²) in [7, 11) is 4.46. The Morgan fingerprint density at radius 1 is 0.926 bits per heavy atom. The Balaban J connectivity index is 2.29. The van der Waals surface area contributed by atoms with E-state index in [0.29, 0.717) is 22.9 Å². The molecule has 7 nitrogen and oxygen atoms in total. The zero-order valence-electron chi connectivity index (χ0n) is 15.5. The number of ether oxygens (including phenoxy) is 3. The molecular formula is C20H22NO6-. The zero-order valence-corrected chi connectivity index (χ0v) is 15.5. The van der Waals surface area contributed by atoms with Crippen LogP contribution in [-0.4, -0.2) is 33.2 Å². The van der Waals surface area contributed by atoms with Crippen molar-refractivity contribution in [3.8, 4) is 17.2 Å². The third-order valence-electron chi connectivity index (χ3n) is 4.12. The van der Waals surface area contributed by atoms with Crippen LogP contribution in [0.25, 0.3) is 0 Å². The van der Waals surface area contributed by atoms with Gasteiger partial charge in [0.15, 0.2) is 0 Å². The highest BCUT2D eigenvalue weighted by Crippen LogP contribution is 2.35. The van der Waals surface area contributed by atoms with E-state index in [1.165, 1.54) is 21.3 Å². The lowest BCUT2D eigenvalue weighted by atomic mass is 9.94. The number of nitrogens with one attached hydrogen (secondary N) is 1. The molecule has 1 N–H and O–H groups in total. The molecule has 0 radical (unpaired) electrons. The van der Waals surface area contributed by atoms with Gasteiger partial charge in [0, 0.05) is 11.9 Å². The second-order valence-corrected chi connectivity index (χ2v) is 5.82. The maximum absolute atomic E-state index is 12.8. The molecule has 2 aromatic rings. The number of carboxylic acids is 1. The SMILES string of the molecule is COc1ccccc1C[C@H](CC(=O)[O-])C(=O)Nc1c(OC)cccc1OC. The Kier molecular flexibility index (Phi) is 7.05. The van der Waals surface area contributed by atoms with Crippen LogP contribution in [-0.2, 0) is 16.0 Å². The van der Waals surface area contributed by atoms with E-state index in [1.807, 2.05) is 0 Å². The minimum absolute atomic E-state index is 0.182. The fourth-order valence-corrected chi connectivity index (χ4v) is 2.80. The van der Waals surface area contributed by atoms with E-state index >= 15 is 0 Å². The first-order valence-corrected chi connectivity index (χ1v) is 8.33. The van der Waals surface area contributed by atoms with Crippen molar-refractivity contribution in [3.63, 3.8) is 0 Å². The van der Waals surface area contributed by atoms with Gasteiger partial charge in [0.1, 0.15) is 22.9 Å². The highest BCUT2D eigenvalue weighted by atomic mass is 16.5. The van der Waals surface area contributed by atoms with E-state index < -0.39 is 24.2 Å². The number of amides is 1. The van der Waals surface area contributed by atoms with Gasteiger partial charge in [-0.3, -0.25) is 4.79 Å². The third-order valence-corrected chi connectivity index (χ3v) is 4.12. The molecule has 27 heavy (non-hydrogen) atoms. The number of para-hydroxylation sites is 2. The number of carboxylic acid groups (broad SMARTS) is 1. The number of carbonyl (C=O) groups excluding carboxylic acids is 2. The van der Waals surface area contributed by atoms with Crippen LogP contribution in [0, 0.1) is 5.92 Å². The highest BCUT2D eigenvalue weighted by Gasteiger charge is 2.23. The molecule has 1 amide bonds. The smallest absolute Gasteiger partial charge is 0.228 e. The molecule has 0 saturated carbocycles. The van der Waals surface area contributed by atoms with E-state index in [2.05, 4.69) is 5.32 Å². The van der Waals surface area contributed by atoms with Crippen molar-refractivity contribution in [2.24, 2.45) is 5.92 Å². The predicted octanol–water partition coefficient (Wildman–Crippen LogP) is 1.65. The minimum atomic E-state index is -1.31. The number of methoxy groups -OCH3 is 3. The van der Waals surface area contributed by atoms with Gasteiger partial charge in [-0.05, 0) is 36.6 Å². The molecule has 2 rings (SSSR count). The average molecular weight is 372 g/mol. The van der Waals surface area contributed by atoms with E-state index in [-0.39, 0.29) is 6.42 Å². The monoisotopic (exact) mass is 372 g/mol. The van der Waals surface area contributed by atoms with Gasteiger partial charge in [-0.2, -0.15) is 0 Å². The van der Waals surface area contributed by atoms with Gasteiger partial charge in [0.05, 0.1) is 21.3 Å². The number of hydrogen-bond donors (Lipinski definition) is 1. The van der Waals surface area contributed by atoms with Gasteiger partial charge in [-0.15, -0.1) is 0 Å². The number of hydrogen-bond acceptors (Lipinski definition) is 6. The van der Waals surface area contributed by atoms with Gasteiger partial charge < -0.3 is 29.4 Å². The van der Waals surface area contributed by atoms with Crippen LogP contribution in [0.5, 0.6) is 17.2 Å². The molecule has 0 aliphatic rings. The van der Waals surface area contributed by atoms with Crippen LogP contribution >= 0.6 is 0 Å². The van der Waals surface area contributed by atoms with Crippen molar-refractivity contribution >= 4 is 17.6 Å². The average Bonchev–Trinajstić information content (AvgIpc) is 2.67. The van der Waals surface area contributed by atoms with E-state index in [1.54, 1.807) is 42.5 Å². The summed E-state index contributed by atoms with van der Waals surface area (Å²) >= 11 is 0. The quantitative estimate of drug-likeness (QED) is 0.719. The fourth-order valence-electron chi connectivity index (χ4n) is 2.80. The second-order valence-electron chi connectivity index (χ2n) is 5.82. The molecule has 0 aromatic heterocycles. The summed E-state index contributed by atoms with van der Waals surface area (Å²) in [5.74, 6) is -1.24. The van der Waals surface area contributed by atoms with Gasteiger partial charge in [0.25, 0.3) is 0 Å². The van der Waals surface area contributed by atoms with Crippen molar-refractivity contribution in [1.29, 1.82) is 0 Å². The summed E-state index contributed by atoms with van der Waals surface area (Å²) in [5.41, 5.74) is 1.07. The molecule has 0 fully saturated rings. The third kappa shape index (κ3) is 5.13. The molecule has 0 spiro atoms. The first-order valence-electron chi connectivity index (χ1n) is 8.33. The Labute approximate surface area is 157 Å². The number of benzene rings is 2. The van der Waals surface area contributed by atoms with E-state index in [9.17, 15) is 14.7 Å². The Hall–Kier alpha value is -3.22. The molecule has 0 bridgehead atoms. The molecule has 0 aliphatic carbocycles. The van der Waals surface area contributed by atoms with Crippen molar-refractivity contribution in [3.05, 3.63) is 48.0 Å². The van der Waals surface area contributed by atoms with Crippen molar-refractivity contribution in [2.45, 2.75) is 12.8 Å². The Bertz CT molecular complexity index is 783. The molecule has 1 atom stereocenters. The number of anilines is 1. The van der Waals surface area contributed by atoms with E-state index in [4.69, 9.17) is 14.2 Å². The van der Waals surface area contributed by atoms with Gasteiger partial charge in [-0.25, -0.2) is 0 Å². The minimum Gasteiger partial charge on any atom is -0.550 e. The van der Waals surface area contributed by atoms with Gasteiger partial charge >= 0.3 is 0 Å². The summed E-state index contributed by atoms with van der Waals surface area (Å²) < 4.78 is 15.8. The first kappa shape index (κ1) is 20.1. The predicted molar refractivity (Wildman–Crippen MR) is 98.0 cm³/mol. The molecule has 7 heteroatoms. The second kappa shape index (κ2) is 9.47. The number of rotatable bonds is 9. The van der Waals surface area contributed by atoms with Crippen LogP contribution in [0.3, 0.4) is 0 Å². The standard InChI is InChI=1S/C20H23NO6/c1-25-15-8-5-4-7-13(15)11-14(12-18(22)23)20(24)21-19-16(26-2)9-6-10-17(19)27-3/h4-10,14H,11-12H2,1-3H3,(H,21,24)(H,22,23)/p-1/t14-/m1/s1. The van der Waals surface area contributed by atoms with Crippen molar-refractivity contribution in [1.82, 2.24) is 0 Å². The molecule has 0 aliphatic heterocycles. The van der Waals surface area contributed by atoms with Crippen LogP contribution in [0.2, 0.25) is 0 Å². The normalized spacial score (nSPS) is 11.4. The summed E-state index contributed by atoms with van der Waals surface area (Å²) in [6.45, 7) is 0. The maximum Gasteiger partial charge on any atom is 0.228 e. The van der Waals surface area contributed by atoms with Gasteiger partial charge in [-0.1, -0.05) is 24.3 Å². The summed E-state index contributed by atoms with van der Waals surface area (Å²) in [5, 5.41) is 13.9. The molecule has 2 aromatic carbocycles. The molecule has 0 saturated heterocycles. The van der Waals surface area contributed by atoms with E-state index in [0.717, 1.165) is 5.56 Å². The molecule has 144 valence electrons. The summed E-state index contributed by atoms with van der Waals surface area (Å²) in [6.07, 6.45) is -0.247. The fraction of sp³-hybridized carbons (Fsp3) is 0.300. The molecule has 0 unspecified atom stereocenters. The summed E-state index contributed by atoms with van der Waals surface area (Å²) in [4.78, 5) is 24.0. The molecular weight excluding hydrogens is 350 g/mol. The zero-order chi connectivity index (χ0) is 19.8. The maximum atomic E-state index is 12.8. The van der Waals surface area contributed by atoms with Crippen LogP contribution < -0.4 is 24.6 Å². The van der Waals surface area contributed by atoms with Crippen LogP contribution in [0.15, 0.2) is 42.5 Å². The van der Waals surface area contributed by atoms with Gasteiger partial charge in [0.2, 0.25) is 5.91 Å². The topological polar surface area (TPSA) is 96.9 Å². The Morgan fingerprint density at radius 2 is 1.48 bits per heavy atom. The largest absolute Gasteiger partial charge is 0.550 e. The summed E-state index contributed by atoms with van der Waals surface area (Å²) in [6, 6.07) is 12.2. The lowest BCUT2D eigenvalue weighted by Crippen LogP contribution is -2.33. The highest BCUT2D eigenvalue weighted by molar-refractivity contribution is 5.97. The van der Waals surface area contributed by atoms with Crippen LogP contribution in [0.1, 0.15) is 12.0 Å². The lowest BCUT2D eigenvalue weighted by molar-refractivity contribution is -0.306. The van der Waals surface area contributed by atoms with Crippen molar-refractivity contribution < 1.29 is 28.9 Å². The number of aliphatic carboxylic acids is 1. The number of carbonyl (C=O) groups is 2. The molecule has 0 heterocycles.